The van der Waals surface area contributed by atoms with E-state index in [0.717, 1.165) is 5.56 Å². The Morgan fingerprint density at radius 1 is 1.08 bits per heavy atom. The second-order valence-electron chi connectivity index (χ2n) is 2.80. The molecular weight excluding hydrogens is 166 g/mol. The fraction of sp³-hybridized carbons (Fsp3) is 0.250. The molecule has 0 aliphatic carbocycles. The smallest absolute Gasteiger partial charge is 0.220 e. The summed E-state index contributed by atoms with van der Waals surface area (Å²) < 4.78 is 1.55. The van der Waals surface area contributed by atoms with Crippen LogP contribution in [0, 0.1) is 13.8 Å². The van der Waals surface area contributed by atoms with E-state index in [4.69, 9.17) is 0 Å². The van der Waals surface area contributed by atoms with Crippen molar-refractivity contribution in [3.05, 3.63) is 30.1 Å². The Balaban J connectivity index is 2.41. The summed E-state index contributed by atoms with van der Waals surface area (Å²) in [6.45, 7) is 3.76. The molecular formula is C8H9N5. The van der Waals surface area contributed by atoms with Gasteiger partial charge in [0.05, 0.1) is 0 Å². The zero-order valence-corrected chi connectivity index (χ0v) is 7.47. The molecule has 5 nitrogen and oxygen atoms in total. The van der Waals surface area contributed by atoms with E-state index in [1.807, 2.05) is 13.8 Å². The van der Waals surface area contributed by atoms with Crippen LogP contribution in [-0.2, 0) is 0 Å². The molecule has 0 aliphatic rings. The van der Waals surface area contributed by atoms with Crippen LogP contribution < -0.4 is 0 Å². The molecule has 66 valence electrons. The maximum absolute atomic E-state index is 4.11. The van der Waals surface area contributed by atoms with Crippen molar-refractivity contribution in [2.75, 3.05) is 0 Å². The number of hydrogen-bond donors (Lipinski definition) is 0. The van der Waals surface area contributed by atoms with E-state index in [2.05, 4.69) is 20.1 Å². The second kappa shape index (κ2) is 2.93. The standard InChI is InChI=1S/C8H9N5/c1-6-3-9-8(10-4-6)13-5-11-7(2)12-13/h3-5H,1-2H3. The van der Waals surface area contributed by atoms with Gasteiger partial charge in [-0.1, -0.05) is 0 Å². The third kappa shape index (κ3) is 1.53. The van der Waals surface area contributed by atoms with Crippen LogP contribution in [0.15, 0.2) is 18.7 Å². The van der Waals surface area contributed by atoms with E-state index >= 15 is 0 Å². The Hall–Kier alpha value is -1.78. The Morgan fingerprint density at radius 2 is 1.77 bits per heavy atom. The van der Waals surface area contributed by atoms with Crippen molar-refractivity contribution < 1.29 is 0 Å². The third-order valence-electron chi connectivity index (χ3n) is 1.58. The van der Waals surface area contributed by atoms with Crippen molar-refractivity contribution in [2.24, 2.45) is 0 Å². The molecule has 0 aliphatic heterocycles. The largest absolute Gasteiger partial charge is 0.251 e. The van der Waals surface area contributed by atoms with Crippen molar-refractivity contribution >= 4 is 0 Å². The van der Waals surface area contributed by atoms with Crippen molar-refractivity contribution in [1.82, 2.24) is 24.7 Å². The van der Waals surface area contributed by atoms with Crippen LogP contribution in [0.5, 0.6) is 0 Å². The van der Waals surface area contributed by atoms with Gasteiger partial charge in [0.25, 0.3) is 5.95 Å². The summed E-state index contributed by atoms with van der Waals surface area (Å²) in [7, 11) is 0. The minimum absolute atomic E-state index is 0.547. The van der Waals surface area contributed by atoms with Crippen molar-refractivity contribution in [3.63, 3.8) is 0 Å². The second-order valence-corrected chi connectivity index (χ2v) is 2.80. The minimum atomic E-state index is 0.547. The van der Waals surface area contributed by atoms with Crippen molar-refractivity contribution in [3.8, 4) is 5.95 Å². The fourth-order valence-corrected chi connectivity index (χ4v) is 0.946. The van der Waals surface area contributed by atoms with Gasteiger partial charge >= 0.3 is 0 Å². The molecule has 0 atom stereocenters. The normalized spacial score (nSPS) is 10.3. The molecule has 2 heterocycles. The van der Waals surface area contributed by atoms with Crippen molar-refractivity contribution in [2.45, 2.75) is 13.8 Å². The molecule has 0 amide bonds. The first-order valence-corrected chi connectivity index (χ1v) is 3.93. The lowest BCUT2D eigenvalue weighted by Gasteiger charge is -1.96. The fourth-order valence-electron chi connectivity index (χ4n) is 0.946. The first-order valence-electron chi connectivity index (χ1n) is 3.93. The number of aromatic nitrogens is 5. The highest BCUT2D eigenvalue weighted by molar-refractivity contribution is 5.11. The Morgan fingerprint density at radius 3 is 2.31 bits per heavy atom. The van der Waals surface area contributed by atoms with Crippen LogP contribution in [0.3, 0.4) is 0 Å². The molecule has 13 heavy (non-hydrogen) atoms. The molecule has 0 radical (unpaired) electrons. The maximum Gasteiger partial charge on any atom is 0.251 e. The number of aryl methyl sites for hydroxylation is 2. The average molecular weight is 175 g/mol. The highest BCUT2D eigenvalue weighted by atomic mass is 15.4. The average Bonchev–Trinajstić information content (AvgIpc) is 2.53. The van der Waals surface area contributed by atoms with Gasteiger partial charge in [-0.15, -0.1) is 5.10 Å². The van der Waals surface area contributed by atoms with Crippen LogP contribution in [0.4, 0.5) is 0 Å². The summed E-state index contributed by atoms with van der Waals surface area (Å²) in [6.07, 6.45) is 5.10. The predicted molar refractivity (Wildman–Crippen MR) is 46.4 cm³/mol. The third-order valence-corrected chi connectivity index (χ3v) is 1.58. The van der Waals surface area contributed by atoms with Gasteiger partial charge in [-0.05, 0) is 19.4 Å². The van der Waals surface area contributed by atoms with E-state index in [1.54, 1.807) is 23.4 Å². The van der Waals surface area contributed by atoms with E-state index in [0.29, 0.717) is 11.8 Å². The summed E-state index contributed by atoms with van der Waals surface area (Å²) in [6, 6.07) is 0. The van der Waals surface area contributed by atoms with Crippen LogP contribution in [0.25, 0.3) is 5.95 Å². The summed E-state index contributed by atoms with van der Waals surface area (Å²) in [4.78, 5) is 12.2. The Labute approximate surface area is 75.5 Å². The minimum Gasteiger partial charge on any atom is -0.220 e. The van der Waals surface area contributed by atoms with Gasteiger partial charge in [0.2, 0.25) is 0 Å². The highest BCUT2D eigenvalue weighted by Crippen LogP contribution is 1.98. The molecule has 0 saturated carbocycles. The summed E-state index contributed by atoms with van der Waals surface area (Å²) in [5.41, 5.74) is 1.03. The number of nitrogens with zero attached hydrogens (tertiary/aromatic N) is 5. The van der Waals surface area contributed by atoms with E-state index in [1.165, 1.54) is 0 Å². The topological polar surface area (TPSA) is 56.5 Å². The van der Waals surface area contributed by atoms with Crippen LogP contribution in [-0.4, -0.2) is 24.7 Å². The van der Waals surface area contributed by atoms with Crippen LogP contribution >= 0.6 is 0 Å². The van der Waals surface area contributed by atoms with Gasteiger partial charge in [0.1, 0.15) is 12.2 Å². The predicted octanol–water partition coefficient (Wildman–Crippen LogP) is 0.674. The SMILES string of the molecule is Cc1cnc(-n2cnc(C)n2)nc1. The van der Waals surface area contributed by atoms with Gasteiger partial charge < -0.3 is 0 Å². The van der Waals surface area contributed by atoms with E-state index < -0.39 is 0 Å². The molecule has 0 spiro atoms. The Bertz CT molecular complexity index is 403. The van der Waals surface area contributed by atoms with E-state index in [9.17, 15) is 0 Å². The lowest BCUT2D eigenvalue weighted by atomic mass is 10.4. The first kappa shape index (κ1) is 7.85. The molecule has 2 aromatic heterocycles. The molecule has 0 unspecified atom stereocenters. The van der Waals surface area contributed by atoms with Crippen molar-refractivity contribution in [1.29, 1.82) is 0 Å². The summed E-state index contributed by atoms with van der Waals surface area (Å²) in [5, 5.41) is 4.09. The lowest BCUT2D eigenvalue weighted by Crippen LogP contribution is -2.01. The first-order chi connectivity index (χ1) is 6.25. The highest BCUT2D eigenvalue weighted by Gasteiger charge is 2.00. The zero-order valence-electron chi connectivity index (χ0n) is 7.47. The van der Waals surface area contributed by atoms with Gasteiger partial charge in [-0.3, -0.25) is 0 Å². The van der Waals surface area contributed by atoms with E-state index in [-0.39, 0.29) is 0 Å². The summed E-state index contributed by atoms with van der Waals surface area (Å²) >= 11 is 0. The Kier molecular flexibility index (Phi) is 1.77. The van der Waals surface area contributed by atoms with Crippen LogP contribution in [0.2, 0.25) is 0 Å². The molecule has 0 bridgehead atoms. The lowest BCUT2D eigenvalue weighted by molar-refractivity contribution is 0.794. The zero-order chi connectivity index (χ0) is 9.26. The molecule has 5 heteroatoms. The molecule has 0 N–H and O–H groups in total. The quantitative estimate of drug-likeness (QED) is 0.639. The molecule has 2 aromatic rings. The van der Waals surface area contributed by atoms with Gasteiger partial charge in [0, 0.05) is 12.4 Å². The monoisotopic (exact) mass is 175 g/mol. The van der Waals surface area contributed by atoms with Crippen LogP contribution in [0.1, 0.15) is 11.4 Å². The molecule has 0 saturated heterocycles. The summed E-state index contributed by atoms with van der Waals surface area (Å²) in [5.74, 6) is 1.26. The van der Waals surface area contributed by atoms with Gasteiger partial charge in [-0.2, -0.15) is 4.68 Å². The molecule has 0 fully saturated rings. The van der Waals surface area contributed by atoms with Gasteiger partial charge in [0.15, 0.2) is 0 Å². The number of hydrogen-bond acceptors (Lipinski definition) is 4. The van der Waals surface area contributed by atoms with Gasteiger partial charge in [-0.25, -0.2) is 15.0 Å². The number of rotatable bonds is 1. The molecule has 2 rings (SSSR count). The molecule has 0 aromatic carbocycles. The maximum atomic E-state index is 4.11.